The molecular formula is C26H38N2O4Si. The minimum atomic E-state index is -2.10. The first-order valence-electron chi connectivity index (χ1n) is 11.8. The summed E-state index contributed by atoms with van der Waals surface area (Å²) in [6.45, 7) is 17.6. The molecule has 0 bridgehead atoms. The van der Waals surface area contributed by atoms with Crippen molar-refractivity contribution in [2.24, 2.45) is 0 Å². The number of benzene rings is 1. The van der Waals surface area contributed by atoms with Gasteiger partial charge in [0, 0.05) is 29.0 Å². The zero-order chi connectivity index (χ0) is 24.5. The molecule has 2 aromatic heterocycles. The minimum absolute atomic E-state index is 0.227. The summed E-state index contributed by atoms with van der Waals surface area (Å²) in [7, 11) is -0.482. The molecule has 2 heterocycles. The number of nitrogens with one attached hydrogen (secondary N) is 1. The summed E-state index contributed by atoms with van der Waals surface area (Å²) >= 11 is 0. The summed E-state index contributed by atoms with van der Waals surface area (Å²) in [6, 6.07) is 6.19. The highest BCUT2D eigenvalue weighted by molar-refractivity contribution is 6.78. The van der Waals surface area contributed by atoms with Gasteiger partial charge in [-0.2, -0.15) is 0 Å². The van der Waals surface area contributed by atoms with E-state index in [0.717, 1.165) is 33.1 Å². The third-order valence-electron chi connectivity index (χ3n) is 6.54. The molecule has 0 saturated carbocycles. The van der Waals surface area contributed by atoms with Crippen molar-refractivity contribution in [3.8, 4) is 5.75 Å². The van der Waals surface area contributed by atoms with E-state index in [1.807, 2.05) is 26.0 Å². The van der Waals surface area contributed by atoms with Crippen LogP contribution < -0.4 is 4.43 Å². The summed E-state index contributed by atoms with van der Waals surface area (Å²) in [6.07, 6.45) is 1.47. The molecule has 0 aliphatic carbocycles. The highest BCUT2D eigenvalue weighted by atomic mass is 28.4. The topological polar surface area (TPSA) is 73.4 Å². The number of aromatic nitrogens is 2. The van der Waals surface area contributed by atoms with Gasteiger partial charge in [0.15, 0.2) is 5.69 Å². The lowest BCUT2D eigenvalue weighted by Crippen LogP contribution is -2.50. The Labute approximate surface area is 198 Å². The van der Waals surface area contributed by atoms with E-state index < -0.39 is 14.3 Å². The predicted octanol–water partition coefficient (Wildman–Crippen LogP) is 6.98. The maximum absolute atomic E-state index is 12.8. The second-order valence-corrected chi connectivity index (χ2v) is 15.4. The maximum atomic E-state index is 12.8. The van der Waals surface area contributed by atoms with Gasteiger partial charge in [-0.3, -0.25) is 0 Å². The molecule has 0 spiro atoms. The third-order valence-corrected chi connectivity index (χ3v) is 12.5. The average molecular weight is 471 g/mol. The highest BCUT2D eigenvalue weighted by Gasteiger charge is 2.47. The van der Waals surface area contributed by atoms with Gasteiger partial charge in [0.05, 0.1) is 24.4 Å². The van der Waals surface area contributed by atoms with Crippen LogP contribution in [0.25, 0.3) is 21.8 Å². The molecule has 0 fully saturated rings. The molecule has 0 unspecified atom stereocenters. The van der Waals surface area contributed by atoms with Crippen LogP contribution in [0, 0.1) is 0 Å². The van der Waals surface area contributed by atoms with E-state index in [-0.39, 0.29) is 12.7 Å². The van der Waals surface area contributed by atoms with Crippen molar-refractivity contribution in [1.29, 1.82) is 0 Å². The number of hydrogen-bond acceptors (Lipinski definition) is 5. The number of carbonyl (C=O) groups excluding carboxylic acids is 1. The van der Waals surface area contributed by atoms with Gasteiger partial charge in [0.25, 0.3) is 8.32 Å². The number of aromatic amines is 1. The van der Waals surface area contributed by atoms with Crippen molar-refractivity contribution < 1.29 is 18.7 Å². The van der Waals surface area contributed by atoms with Crippen LogP contribution in [0.4, 0.5) is 0 Å². The summed E-state index contributed by atoms with van der Waals surface area (Å²) in [5, 5.41) is 1.92. The normalized spacial score (nSPS) is 12.6. The quantitative estimate of drug-likeness (QED) is 0.270. The van der Waals surface area contributed by atoms with Gasteiger partial charge in [-0.1, -0.05) is 41.5 Å². The number of methoxy groups -OCH3 is 1. The summed E-state index contributed by atoms with van der Waals surface area (Å²) in [5.41, 5.74) is 4.27. The first-order valence-corrected chi connectivity index (χ1v) is 14.0. The summed E-state index contributed by atoms with van der Waals surface area (Å²) < 4.78 is 17.8. The second kappa shape index (κ2) is 9.85. The molecule has 33 heavy (non-hydrogen) atoms. The van der Waals surface area contributed by atoms with Gasteiger partial charge in [0.1, 0.15) is 5.75 Å². The molecule has 0 radical (unpaired) electrons. The molecule has 0 amide bonds. The Kier molecular flexibility index (Phi) is 7.54. The van der Waals surface area contributed by atoms with Crippen LogP contribution in [0.3, 0.4) is 0 Å². The first-order chi connectivity index (χ1) is 15.5. The van der Waals surface area contributed by atoms with Gasteiger partial charge in [-0.05, 0) is 48.7 Å². The van der Waals surface area contributed by atoms with Crippen LogP contribution in [0.2, 0.25) is 16.6 Å². The lowest BCUT2D eigenvalue weighted by Gasteiger charge is -2.42. The van der Waals surface area contributed by atoms with Gasteiger partial charge in [0.2, 0.25) is 0 Å². The number of pyridine rings is 1. The Hall–Kier alpha value is -2.38. The molecule has 0 saturated heterocycles. The highest BCUT2D eigenvalue weighted by Crippen LogP contribution is 2.43. The van der Waals surface area contributed by atoms with Gasteiger partial charge in [-0.25, -0.2) is 9.78 Å². The molecule has 1 aromatic carbocycles. The standard InChI is InChI=1S/C26H38N2O4Si/c1-15(2)31-26(29)25-21(14-30-9)24-20-12-19(10-11-22(20)28-23(24)13-27-25)32-33(16(3)4,17(5)6)18(7)8/h10-13,15-18,28H,14H2,1-9H3. The van der Waals surface area contributed by atoms with E-state index >= 15 is 0 Å². The van der Waals surface area contributed by atoms with Crippen LogP contribution in [0.1, 0.15) is 71.4 Å². The molecule has 180 valence electrons. The van der Waals surface area contributed by atoms with Crippen molar-refractivity contribution in [3.05, 3.63) is 35.7 Å². The fourth-order valence-electron chi connectivity index (χ4n) is 5.29. The lowest BCUT2D eigenvalue weighted by atomic mass is 10.1. The molecule has 7 heteroatoms. The molecule has 3 rings (SSSR count). The van der Waals surface area contributed by atoms with Crippen LogP contribution in [-0.2, 0) is 16.1 Å². The number of H-pyrrole nitrogens is 1. The van der Waals surface area contributed by atoms with Crippen LogP contribution in [-0.4, -0.2) is 37.5 Å². The molecule has 6 nitrogen and oxygen atoms in total. The van der Waals surface area contributed by atoms with Crippen molar-refractivity contribution in [3.63, 3.8) is 0 Å². The maximum Gasteiger partial charge on any atom is 0.357 e. The van der Waals surface area contributed by atoms with E-state index in [4.69, 9.17) is 13.9 Å². The molecular weight excluding hydrogens is 432 g/mol. The van der Waals surface area contributed by atoms with Crippen molar-refractivity contribution >= 4 is 36.1 Å². The molecule has 0 aliphatic rings. The Morgan fingerprint density at radius 1 is 1.00 bits per heavy atom. The molecule has 0 aliphatic heterocycles. The number of fused-ring (bicyclic) bond motifs is 3. The van der Waals surface area contributed by atoms with E-state index in [9.17, 15) is 4.79 Å². The Balaban J connectivity index is 2.21. The largest absolute Gasteiger partial charge is 0.543 e. The molecule has 0 atom stereocenters. The van der Waals surface area contributed by atoms with Crippen LogP contribution in [0.5, 0.6) is 5.75 Å². The molecule has 3 aromatic rings. The smallest absolute Gasteiger partial charge is 0.357 e. The average Bonchev–Trinajstić information content (AvgIpc) is 3.09. The summed E-state index contributed by atoms with van der Waals surface area (Å²) in [5.74, 6) is 0.434. The lowest BCUT2D eigenvalue weighted by molar-refractivity contribution is 0.0366. The number of hydrogen-bond donors (Lipinski definition) is 1. The van der Waals surface area contributed by atoms with E-state index in [0.29, 0.717) is 22.3 Å². The SMILES string of the molecule is COCc1c(C(=O)OC(C)C)ncc2[nH]c3ccc(O[Si](C(C)C)(C(C)C)C(C)C)cc3c12. The third kappa shape index (κ3) is 4.66. The Bertz CT molecular complexity index is 1110. The number of carbonyl (C=O) groups is 1. The predicted molar refractivity (Wildman–Crippen MR) is 137 cm³/mol. The zero-order valence-electron chi connectivity index (χ0n) is 21.4. The van der Waals surface area contributed by atoms with Crippen LogP contribution in [0.15, 0.2) is 24.4 Å². The van der Waals surface area contributed by atoms with Crippen LogP contribution >= 0.6 is 0 Å². The minimum Gasteiger partial charge on any atom is -0.543 e. The van der Waals surface area contributed by atoms with E-state index in [1.165, 1.54) is 0 Å². The number of ether oxygens (including phenoxy) is 2. The number of nitrogens with zero attached hydrogens (tertiary/aromatic N) is 1. The second-order valence-electron chi connectivity index (χ2n) is 10.0. The van der Waals surface area contributed by atoms with Crippen molar-refractivity contribution in [2.75, 3.05) is 7.11 Å². The Morgan fingerprint density at radius 2 is 1.64 bits per heavy atom. The van der Waals surface area contributed by atoms with Crippen molar-refractivity contribution in [1.82, 2.24) is 9.97 Å². The summed E-state index contributed by atoms with van der Waals surface area (Å²) in [4.78, 5) is 20.6. The zero-order valence-corrected chi connectivity index (χ0v) is 22.4. The number of esters is 1. The first kappa shape index (κ1) is 25.2. The van der Waals surface area contributed by atoms with E-state index in [2.05, 4.69) is 57.6 Å². The monoisotopic (exact) mass is 470 g/mol. The Morgan fingerprint density at radius 3 is 2.18 bits per heavy atom. The van der Waals surface area contributed by atoms with Gasteiger partial charge >= 0.3 is 5.97 Å². The van der Waals surface area contributed by atoms with E-state index in [1.54, 1.807) is 13.3 Å². The fourth-order valence-corrected chi connectivity index (χ4v) is 10.5. The van der Waals surface area contributed by atoms with Gasteiger partial charge < -0.3 is 18.9 Å². The fraction of sp³-hybridized carbons (Fsp3) is 0.538. The van der Waals surface area contributed by atoms with Crippen molar-refractivity contribution in [2.45, 2.75) is 84.7 Å². The van der Waals surface area contributed by atoms with Gasteiger partial charge in [-0.15, -0.1) is 0 Å². The number of rotatable bonds is 9. The molecule has 1 N–H and O–H groups in total.